The van der Waals surface area contributed by atoms with Crippen molar-refractivity contribution in [3.05, 3.63) is 58.4 Å². The highest BCUT2D eigenvalue weighted by atomic mass is 35.5. The van der Waals surface area contributed by atoms with Crippen LogP contribution in [0.3, 0.4) is 0 Å². The summed E-state index contributed by atoms with van der Waals surface area (Å²) >= 11 is 5.69. The Morgan fingerprint density at radius 2 is 1.90 bits per heavy atom. The van der Waals surface area contributed by atoms with Gasteiger partial charge in [0.25, 0.3) is 10.0 Å². The molecule has 110 valence electrons. The zero-order valence-corrected chi connectivity index (χ0v) is 12.5. The Hall–Kier alpha value is -1.63. The highest BCUT2D eigenvalue weighted by Crippen LogP contribution is 2.41. The molecule has 0 saturated carbocycles. The van der Waals surface area contributed by atoms with Gasteiger partial charge >= 0.3 is 0 Å². The molecule has 1 N–H and O–H groups in total. The third-order valence-electron chi connectivity index (χ3n) is 3.56. The fourth-order valence-corrected chi connectivity index (χ4v) is 4.11. The van der Waals surface area contributed by atoms with Gasteiger partial charge in [-0.15, -0.1) is 0 Å². The van der Waals surface area contributed by atoms with Crippen LogP contribution in [-0.2, 0) is 10.0 Å². The number of rotatable bonds is 0. The maximum absolute atomic E-state index is 13.7. The predicted octanol–water partition coefficient (Wildman–Crippen LogP) is 2.70. The fraction of sp³-hybridized carbons (Fsp3) is 0.143. The van der Waals surface area contributed by atoms with E-state index in [4.69, 9.17) is 11.6 Å². The van der Waals surface area contributed by atoms with Crippen molar-refractivity contribution in [2.45, 2.75) is 11.0 Å². The minimum absolute atomic E-state index is 0.0197. The van der Waals surface area contributed by atoms with Gasteiger partial charge in [0.15, 0.2) is 0 Å². The van der Waals surface area contributed by atoms with Crippen molar-refractivity contribution in [2.24, 2.45) is 0 Å². The summed E-state index contributed by atoms with van der Waals surface area (Å²) in [7, 11) is -2.54. The van der Waals surface area contributed by atoms with Crippen molar-refractivity contribution in [1.29, 1.82) is 0 Å². The standard InChI is InChI=1S/C14H11ClFNO3S/c1-17-12-5-3-2-4-8(12)14(18)9-6-11(16)10(15)7-13(9)21(17,19)20/h2-7,14,18H,1H3. The Kier molecular flexibility index (Phi) is 3.20. The van der Waals surface area contributed by atoms with E-state index in [0.29, 0.717) is 11.3 Å². The van der Waals surface area contributed by atoms with E-state index in [1.54, 1.807) is 24.3 Å². The first-order valence-electron chi connectivity index (χ1n) is 6.09. The monoisotopic (exact) mass is 327 g/mol. The molecule has 0 aliphatic carbocycles. The zero-order chi connectivity index (χ0) is 15.4. The lowest BCUT2D eigenvalue weighted by Gasteiger charge is -2.19. The summed E-state index contributed by atoms with van der Waals surface area (Å²) in [6.07, 6.45) is -1.25. The summed E-state index contributed by atoms with van der Waals surface area (Å²) in [5.41, 5.74) is 0.718. The minimum atomic E-state index is -3.92. The van der Waals surface area contributed by atoms with Crippen LogP contribution in [0.25, 0.3) is 0 Å². The Bertz CT molecular complexity index is 838. The van der Waals surface area contributed by atoms with Gasteiger partial charge in [0.1, 0.15) is 11.9 Å². The lowest BCUT2D eigenvalue weighted by atomic mass is 10.00. The minimum Gasteiger partial charge on any atom is -0.384 e. The van der Waals surface area contributed by atoms with Gasteiger partial charge in [0, 0.05) is 18.2 Å². The number of hydrogen-bond acceptors (Lipinski definition) is 3. The molecule has 4 nitrogen and oxygen atoms in total. The zero-order valence-electron chi connectivity index (χ0n) is 10.9. The van der Waals surface area contributed by atoms with Gasteiger partial charge in [-0.1, -0.05) is 29.8 Å². The van der Waals surface area contributed by atoms with Gasteiger partial charge in [-0.05, 0) is 18.2 Å². The van der Waals surface area contributed by atoms with Gasteiger partial charge in [0.2, 0.25) is 0 Å². The topological polar surface area (TPSA) is 57.6 Å². The average molecular weight is 328 g/mol. The van der Waals surface area contributed by atoms with Crippen LogP contribution in [0.15, 0.2) is 41.3 Å². The Balaban J connectivity index is 2.42. The summed E-state index contributed by atoms with van der Waals surface area (Å²) in [6.45, 7) is 0. The van der Waals surface area contributed by atoms with Gasteiger partial charge < -0.3 is 5.11 Å². The molecule has 1 unspecified atom stereocenters. The average Bonchev–Trinajstić information content (AvgIpc) is 2.52. The summed E-state index contributed by atoms with van der Waals surface area (Å²) in [5.74, 6) is -0.772. The van der Waals surface area contributed by atoms with Crippen molar-refractivity contribution in [3.63, 3.8) is 0 Å². The number of benzene rings is 2. The molecule has 21 heavy (non-hydrogen) atoms. The molecule has 0 bridgehead atoms. The molecule has 0 spiro atoms. The van der Waals surface area contributed by atoms with Crippen LogP contribution in [-0.4, -0.2) is 20.6 Å². The molecule has 2 aromatic carbocycles. The van der Waals surface area contributed by atoms with Crippen molar-refractivity contribution in [2.75, 3.05) is 11.4 Å². The summed E-state index contributed by atoms with van der Waals surface area (Å²) in [5, 5.41) is 10.2. The summed E-state index contributed by atoms with van der Waals surface area (Å²) in [6, 6.07) is 8.54. The number of nitrogens with zero attached hydrogens (tertiary/aromatic N) is 1. The smallest absolute Gasteiger partial charge is 0.264 e. The van der Waals surface area contributed by atoms with Crippen molar-refractivity contribution in [1.82, 2.24) is 0 Å². The first-order chi connectivity index (χ1) is 9.84. The number of aliphatic hydroxyl groups excluding tert-OH is 1. The number of hydrogen-bond donors (Lipinski definition) is 1. The molecule has 0 amide bonds. The molecule has 0 fully saturated rings. The lowest BCUT2D eigenvalue weighted by Crippen LogP contribution is -2.26. The molecular formula is C14H11ClFNO3S. The van der Waals surface area contributed by atoms with E-state index in [0.717, 1.165) is 16.4 Å². The molecule has 1 heterocycles. The largest absolute Gasteiger partial charge is 0.384 e. The fourth-order valence-electron chi connectivity index (χ4n) is 2.43. The lowest BCUT2D eigenvalue weighted by molar-refractivity contribution is 0.217. The molecule has 0 saturated heterocycles. The van der Waals surface area contributed by atoms with E-state index in [-0.39, 0.29) is 15.5 Å². The van der Waals surface area contributed by atoms with E-state index in [9.17, 15) is 17.9 Å². The van der Waals surface area contributed by atoms with Crippen molar-refractivity contribution in [3.8, 4) is 0 Å². The van der Waals surface area contributed by atoms with E-state index < -0.39 is 21.9 Å². The second kappa shape index (κ2) is 4.69. The van der Waals surface area contributed by atoms with Crippen LogP contribution >= 0.6 is 11.6 Å². The highest BCUT2D eigenvalue weighted by molar-refractivity contribution is 7.92. The third kappa shape index (κ3) is 2.02. The Morgan fingerprint density at radius 3 is 2.62 bits per heavy atom. The maximum Gasteiger partial charge on any atom is 0.264 e. The van der Waals surface area contributed by atoms with E-state index in [1.807, 2.05) is 0 Å². The van der Waals surface area contributed by atoms with Gasteiger partial charge in [0.05, 0.1) is 15.6 Å². The predicted molar refractivity (Wildman–Crippen MR) is 77.5 cm³/mol. The second-order valence-electron chi connectivity index (χ2n) is 4.74. The quantitative estimate of drug-likeness (QED) is 0.809. The van der Waals surface area contributed by atoms with Gasteiger partial charge in [-0.3, -0.25) is 4.31 Å². The normalized spacial score (nSPS) is 19.6. The van der Waals surface area contributed by atoms with Crippen LogP contribution in [0.5, 0.6) is 0 Å². The van der Waals surface area contributed by atoms with E-state index in [2.05, 4.69) is 0 Å². The molecule has 7 heteroatoms. The first-order valence-corrected chi connectivity index (χ1v) is 7.90. The second-order valence-corrected chi connectivity index (χ2v) is 7.08. The SMILES string of the molecule is CN1c2ccccc2C(O)c2cc(F)c(Cl)cc2S1(=O)=O. The van der Waals surface area contributed by atoms with Crippen molar-refractivity contribution >= 4 is 27.3 Å². The molecule has 0 aromatic heterocycles. The summed E-state index contributed by atoms with van der Waals surface area (Å²) < 4.78 is 40.0. The summed E-state index contributed by atoms with van der Waals surface area (Å²) in [4.78, 5) is -0.194. The maximum atomic E-state index is 13.7. The first kappa shape index (κ1) is 14.3. The van der Waals surface area contributed by atoms with E-state index >= 15 is 0 Å². The van der Waals surface area contributed by atoms with Crippen LogP contribution in [0.1, 0.15) is 17.2 Å². The van der Waals surface area contributed by atoms with Crippen LogP contribution in [0.4, 0.5) is 10.1 Å². The molecule has 0 radical (unpaired) electrons. The van der Waals surface area contributed by atoms with Crippen molar-refractivity contribution < 1.29 is 17.9 Å². The number of anilines is 1. The number of halogens is 2. The third-order valence-corrected chi connectivity index (χ3v) is 5.67. The van der Waals surface area contributed by atoms with E-state index in [1.165, 1.54) is 7.05 Å². The Morgan fingerprint density at radius 1 is 1.24 bits per heavy atom. The number of aliphatic hydroxyl groups is 1. The molecule has 2 aromatic rings. The van der Waals surface area contributed by atoms with Crippen LogP contribution in [0, 0.1) is 5.82 Å². The number of sulfonamides is 1. The highest BCUT2D eigenvalue weighted by Gasteiger charge is 2.34. The Labute approximate surface area is 126 Å². The van der Waals surface area contributed by atoms with Crippen LogP contribution < -0.4 is 4.31 Å². The van der Waals surface area contributed by atoms with Crippen LogP contribution in [0.2, 0.25) is 5.02 Å². The molecule has 3 rings (SSSR count). The molecule has 1 aliphatic rings. The number of para-hydroxylation sites is 1. The van der Waals surface area contributed by atoms with Gasteiger partial charge in [-0.2, -0.15) is 0 Å². The molecule has 1 aliphatic heterocycles. The number of fused-ring (bicyclic) bond motifs is 2. The molecule has 1 atom stereocenters. The van der Waals surface area contributed by atoms with Gasteiger partial charge in [-0.25, -0.2) is 12.8 Å². The molecular weight excluding hydrogens is 317 g/mol.